The molecule has 5 heteroatoms. The molecule has 0 saturated carbocycles. The molecule has 0 aliphatic carbocycles. The van der Waals surface area contributed by atoms with Gasteiger partial charge in [-0.05, 0) is 41.8 Å². The van der Waals surface area contributed by atoms with Crippen LogP contribution in [0.4, 0.5) is 13.2 Å². The highest BCUT2D eigenvalue weighted by molar-refractivity contribution is 6.22. The van der Waals surface area contributed by atoms with E-state index >= 15 is 0 Å². The van der Waals surface area contributed by atoms with Gasteiger partial charge < -0.3 is 4.74 Å². The zero-order valence-corrected chi connectivity index (χ0v) is 11.6. The van der Waals surface area contributed by atoms with E-state index in [4.69, 9.17) is 16.3 Å². The van der Waals surface area contributed by atoms with Crippen molar-refractivity contribution in [1.82, 2.24) is 0 Å². The molecule has 0 aromatic heterocycles. The molecule has 1 unspecified atom stereocenters. The van der Waals surface area contributed by atoms with Crippen LogP contribution in [0.1, 0.15) is 22.1 Å². The summed E-state index contributed by atoms with van der Waals surface area (Å²) in [5, 5.41) is -0.774. The summed E-state index contributed by atoms with van der Waals surface area (Å²) in [4.78, 5) is 0. The lowest BCUT2D eigenvalue weighted by Gasteiger charge is -2.13. The van der Waals surface area contributed by atoms with Gasteiger partial charge in [0.2, 0.25) is 0 Å². The molecule has 1 atom stereocenters. The van der Waals surface area contributed by atoms with Gasteiger partial charge in [-0.3, -0.25) is 0 Å². The van der Waals surface area contributed by atoms with Crippen LogP contribution in [-0.4, -0.2) is 7.11 Å². The quantitative estimate of drug-likeness (QED) is 0.587. The largest absolute Gasteiger partial charge is 0.496 e. The fourth-order valence-corrected chi connectivity index (χ4v) is 2.23. The Morgan fingerprint density at radius 2 is 1.60 bits per heavy atom. The summed E-state index contributed by atoms with van der Waals surface area (Å²) >= 11 is 6.20. The molecule has 106 valence electrons. The summed E-state index contributed by atoms with van der Waals surface area (Å²) in [7, 11) is 1.55. The Bertz CT molecular complexity index is 620. The zero-order chi connectivity index (χ0) is 14.9. The monoisotopic (exact) mass is 300 g/mol. The van der Waals surface area contributed by atoms with Gasteiger partial charge in [0.25, 0.3) is 0 Å². The molecule has 1 nitrogen and oxygen atoms in total. The van der Waals surface area contributed by atoms with Crippen LogP contribution in [-0.2, 0) is 0 Å². The van der Waals surface area contributed by atoms with Crippen molar-refractivity contribution in [1.29, 1.82) is 0 Å². The normalized spacial score (nSPS) is 12.3. The molecule has 0 N–H and O–H groups in total. The van der Waals surface area contributed by atoms with Gasteiger partial charge in [-0.1, -0.05) is 12.1 Å². The molecule has 2 aromatic rings. The van der Waals surface area contributed by atoms with E-state index in [1.165, 1.54) is 0 Å². The summed E-state index contributed by atoms with van der Waals surface area (Å²) in [5.74, 6) is -3.32. The van der Waals surface area contributed by atoms with Crippen LogP contribution in [0.5, 0.6) is 5.75 Å². The molecule has 0 aliphatic rings. The standard InChI is InChI=1S/C15H12ClF3O/c1-8-5-9(3-4-13(8)20-2)14(16)10-6-11(17)15(19)12(18)7-10/h3-7,14H,1-2H3. The average Bonchev–Trinajstić information content (AvgIpc) is 2.43. The first kappa shape index (κ1) is 14.7. The van der Waals surface area contributed by atoms with E-state index in [-0.39, 0.29) is 5.56 Å². The Morgan fingerprint density at radius 3 is 2.10 bits per heavy atom. The minimum Gasteiger partial charge on any atom is -0.496 e. The van der Waals surface area contributed by atoms with Gasteiger partial charge in [-0.2, -0.15) is 0 Å². The maximum absolute atomic E-state index is 13.2. The number of alkyl halides is 1. The van der Waals surface area contributed by atoms with E-state index < -0.39 is 22.8 Å². The Kier molecular flexibility index (Phi) is 4.23. The summed E-state index contributed by atoms with van der Waals surface area (Å²) in [6.07, 6.45) is 0. The first-order valence-electron chi connectivity index (χ1n) is 5.87. The average molecular weight is 301 g/mol. The van der Waals surface area contributed by atoms with Gasteiger partial charge in [0, 0.05) is 0 Å². The molecule has 20 heavy (non-hydrogen) atoms. The van der Waals surface area contributed by atoms with Crippen LogP contribution in [0.2, 0.25) is 0 Å². The number of hydrogen-bond donors (Lipinski definition) is 0. The van der Waals surface area contributed by atoms with Crippen molar-refractivity contribution in [3.05, 3.63) is 64.5 Å². The second kappa shape index (κ2) is 5.75. The summed E-state index contributed by atoms with van der Waals surface area (Å²) in [5.41, 5.74) is 1.65. The molecule has 2 aromatic carbocycles. The molecule has 0 fully saturated rings. The van der Waals surface area contributed by atoms with Gasteiger partial charge in [0.05, 0.1) is 12.5 Å². The Balaban J connectivity index is 2.41. The lowest BCUT2D eigenvalue weighted by atomic mass is 10.0. The number of methoxy groups -OCH3 is 1. The number of benzene rings is 2. The number of ether oxygens (including phenoxy) is 1. The molecule has 0 aliphatic heterocycles. The molecule has 0 spiro atoms. The van der Waals surface area contributed by atoms with Gasteiger partial charge in [-0.15, -0.1) is 11.6 Å². The van der Waals surface area contributed by atoms with Crippen LogP contribution >= 0.6 is 11.6 Å². The van der Waals surface area contributed by atoms with E-state index in [0.717, 1.165) is 17.7 Å². The molecule has 0 heterocycles. The second-order valence-electron chi connectivity index (χ2n) is 4.39. The van der Waals surface area contributed by atoms with Gasteiger partial charge >= 0.3 is 0 Å². The van der Waals surface area contributed by atoms with Gasteiger partial charge in [-0.25, -0.2) is 13.2 Å². The van der Waals surface area contributed by atoms with E-state index in [2.05, 4.69) is 0 Å². The predicted octanol–water partition coefficient (Wildman–Crippen LogP) is 4.75. The second-order valence-corrected chi connectivity index (χ2v) is 4.83. The van der Waals surface area contributed by atoms with Crippen LogP contribution < -0.4 is 4.74 Å². The third kappa shape index (κ3) is 2.75. The topological polar surface area (TPSA) is 9.23 Å². The van der Waals surface area contributed by atoms with Crippen LogP contribution in [0.25, 0.3) is 0 Å². The predicted molar refractivity (Wildman–Crippen MR) is 71.7 cm³/mol. The van der Waals surface area contributed by atoms with Crippen molar-refractivity contribution in [2.75, 3.05) is 7.11 Å². The zero-order valence-electron chi connectivity index (χ0n) is 10.9. The van der Waals surface area contributed by atoms with E-state index in [0.29, 0.717) is 11.3 Å². The highest BCUT2D eigenvalue weighted by Gasteiger charge is 2.17. The van der Waals surface area contributed by atoms with E-state index in [1.54, 1.807) is 25.3 Å². The smallest absolute Gasteiger partial charge is 0.194 e. The fourth-order valence-electron chi connectivity index (χ4n) is 1.97. The van der Waals surface area contributed by atoms with Crippen molar-refractivity contribution in [2.24, 2.45) is 0 Å². The molecule has 2 rings (SSSR count). The summed E-state index contributed by atoms with van der Waals surface area (Å²) in [6.45, 7) is 1.83. The van der Waals surface area contributed by atoms with Gasteiger partial charge in [0.15, 0.2) is 17.5 Å². The first-order valence-corrected chi connectivity index (χ1v) is 6.30. The summed E-state index contributed by atoms with van der Waals surface area (Å²) in [6, 6.07) is 6.97. The van der Waals surface area contributed by atoms with E-state index in [9.17, 15) is 13.2 Å². The molecular formula is C15H12ClF3O. The molecular weight excluding hydrogens is 289 g/mol. The lowest BCUT2D eigenvalue weighted by Crippen LogP contribution is -1.99. The lowest BCUT2D eigenvalue weighted by molar-refractivity contribution is 0.411. The third-order valence-electron chi connectivity index (χ3n) is 3.01. The Labute approximate surface area is 119 Å². The first-order chi connectivity index (χ1) is 9.43. The molecule has 0 bridgehead atoms. The number of rotatable bonds is 3. The van der Waals surface area contributed by atoms with Crippen molar-refractivity contribution < 1.29 is 17.9 Å². The maximum atomic E-state index is 13.2. The minimum atomic E-state index is -1.50. The molecule has 0 amide bonds. The number of aryl methyl sites for hydroxylation is 1. The van der Waals surface area contributed by atoms with Crippen molar-refractivity contribution >= 4 is 11.6 Å². The minimum absolute atomic E-state index is 0.160. The SMILES string of the molecule is COc1ccc(C(Cl)c2cc(F)c(F)c(F)c2)cc1C. The van der Waals surface area contributed by atoms with Crippen LogP contribution in [0.15, 0.2) is 30.3 Å². The van der Waals surface area contributed by atoms with Crippen molar-refractivity contribution in [3.63, 3.8) is 0 Å². The molecule has 0 radical (unpaired) electrons. The maximum Gasteiger partial charge on any atom is 0.194 e. The summed E-state index contributed by atoms with van der Waals surface area (Å²) < 4.78 is 44.5. The third-order valence-corrected chi connectivity index (χ3v) is 3.51. The van der Waals surface area contributed by atoms with Crippen LogP contribution in [0, 0.1) is 24.4 Å². The number of halogens is 4. The Morgan fingerprint density at radius 1 is 1.00 bits per heavy atom. The van der Waals surface area contributed by atoms with Crippen molar-refractivity contribution in [3.8, 4) is 5.75 Å². The Hall–Kier alpha value is -1.68. The van der Waals surface area contributed by atoms with Crippen LogP contribution in [0.3, 0.4) is 0 Å². The highest BCUT2D eigenvalue weighted by atomic mass is 35.5. The molecule has 0 saturated heterocycles. The highest BCUT2D eigenvalue weighted by Crippen LogP contribution is 2.32. The number of hydrogen-bond acceptors (Lipinski definition) is 1. The van der Waals surface area contributed by atoms with Gasteiger partial charge in [0.1, 0.15) is 5.75 Å². The van der Waals surface area contributed by atoms with E-state index in [1.807, 2.05) is 6.92 Å². The fraction of sp³-hybridized carbons (Fsp3) is 0.200. The van der Waals surface area contributed by atoms with Crippen molar-refractivity contribution in [2.45, 2.75) is 12.3 Å².